The molecule has 0 radical (unpaired) electrons. The summed E-state index contributed by atoms with van der Waals surface area (Å²) in [5.41, 5.74) is 2.18. The monoisotopic (exact) mass is 489 g/mol. The fourth-order valence-electron chi connectivity index (χ4n) is 3.97. The van der Waals surface area contributed by atoms with E-state index in [1.54, 1.807) is 16.2 Å². The average molecular weight is 490 g/mol. The van der Waals surface area contributed by atoms with E-state index >= 15 is 0 Å². The number of benzene rings is 2. The second kappa shape index (κ2) is 10.7. The number of thiazole rings is 1. The highest BCUT2D eigenvalue weighted by molar-refractivity contribution is 7.22. The number of hydrogen-bond donors (Lipinski definition) is 0. The van der Waals surface area contributed by atoms with Crippen LogP contribution in [0.3, 0.4) is 0 Å². The summed E-state index contributed by atoms with van der Waals surface area (Å²) < 4.78 is 18.4. The van der Waals surface area contributed by atoms with Crippen LogP contribution in [0.15, 0.2) is 42.5 Å². The van der Waals surface area contributed by atoms with Gasteiger partial charge in [0.25, 0.3) is 5.91 Å². The summed E-state index contributed by atoms with van der Waals surface area (Å²) in [7, 11) is 0. The van der Waals surface area contributed by atoms with E-state index in [1.807, 2.05) is 30.3 Å². The summed E-state index contributed by atoms with van der Waals surface area (Å²) in [5.74, 6) is 1.15. The molecule has 0 N–H and O–H groups in total. The lowest BCUT2D eigenvalue weighted by Crippen LogP contribution is -2.49. The summed E-state index contributed by atoms with van der Waals surface area (Å²) in [6.07, 6.45) is 0.267. The quantitative estimate of drug-likeness (QED) is 0.525. The van der Waals surface area contributed by atoms with Crippen molar-refractivity contribution in [1.29, 1.82) is 0 Å². The minimum atomic E-state index is -0.701. The number of anilines is 1. The predicted octanol–water partition coefficient (Wildman–Crippen LogP) is 3.79. The van der Waals surface area contributed by atoms with Gasteiger partial charge in [0.1, 0.15) is 6.61 Å². The van der Waals surface area contributed by atoms with Gasteiger partial charge in [-0.05, 0) is 36.2 Å². The molecule has 2 aliphatic rings. The molecule has 1 unspecified atom stereocenters. The first-order valence-corrected chi connectivity index (χ1v) is 11.9. The Balaban J connectivity index is 0.00000259. The fraction of sp³-hybridized carbons (Fsp3) is 0.417. The van der Waals surface area contributed by atoms with Crippen molar-refractivity contribution in [1.82, 2.24) is 9.88 Å². The van der Waals surface area contributed by atoms with Gasteiger partial charge in [0.2, 0.25) is 6.10 Å². The molecule has 1 fully saturated rings. The van der Waals surface area contributed by atoms with Crippen LogP contribution in [0.25, 0.3) is 10.2 Å². The van der Waals surface area contributed by atoms with Gasteiger partial charge < -0.3 is 14.2 Å². The SMILES string of the molecule is CCc1ccc2nc(N(CCN3CCOCC3)C(=O)C3COc4ccccc4O3)sc2c1.Cl. The van der Waals surface area contributed by atoms with Crippen LogP contribution in [0, 0.1) is 0 Å². The van der Waals surface area contributed by atoms with Crippen molar-refractivity contribution in [3.8, 4) is 11.5 Å². The van der Waals surface area contributed by atoms with Gasteiger partial charge in [-0.1, -0.05) is 36.5 Å². The fourth-order valence-corrected chi connectivity index (χ4v) is 5.03. The van der Waals surface area contributed by atoms with Crippen molar-refractivity contribution < 1.29 is 19.0 Å². The third kappa shape index (κ3) is 5.24. The number of morpholine rings is 1. The zero-order valence-electron chi connectivity index (χ0n) is 18.6. The van der Waals surface area contributed by atoms with Crippen LogP contribution in [-0.2, 0) is 16.0 Å². The normalized spacial score (nSPS) is 18.0. The molecule has 0 bridgehead atoms. The Kier molecular flexibility index (Phi) is 7.70. The van der Waals surface area contributed by atoms with Crippen molar-refractivity contribution in [2.45, 2.75) is 19.4 Å². The van der Waals surface area contributed by atoms with Crippen LogP contribution in [0.5, 0.6) is 11.5 Å². The van der Waals surface area contributed by atoms with Gasteiger partial charge in [-0.25, -0.2) is 4.98 Å². The Morgan fingerprint density at radius 3 is 2.76 bits per heavy atom. The first kappa shape index (κ1) is 23.8. The molecule has 2 aliphatic heterocycles. The number of halogens is 1. The highest BCUT2D eigenvalue weighted by atomic mass is 35.5. The second-order valence-corrected chi connectivity index (χ2v) is 8.97. The zero-order valence-corrected chi connectivity index (χ0v) is 20.2. The van der Waals surface area contributed by atoms with Gasteiger partial charge in [0, 0.05) is 26.2 Å². The van der Waals surface area contributed by atoms with E-state index in [0.717, 1.165) is 49.5 Å². The molecule has 3 aromatic rings. The smallest absolute Gasteiger partial charge is 0.273 e. The number of ether oxygens (including phenoxy) is 3. The number of aryl methyl sites for hydroxylation is 1. The van der Waals surface area contributed by atoms with Crippen LogP contribution >= 0.6 is 23.7 Å². The van der Waals surface area contributed by atoms with Crippen molar-refractivity contribution in [2.24, 2.45) is 0 Å². The molecule has 1 amide bonds. The summed E-state index contributed by atoms with van der Waals surface area (Å²) in [5, 5.41) is 0.703. The maximum absolute atomic E-state index is 13.6. The molecule has 7 nitrogen and oxygen atoms in total. The molecule has 3 heterocycles. The summed E-state index contributed by atoms with van der Waals surface area (Å²) in [4.78, 5) is 22.5. The molecule has 9 heteroatoms. The molecule has 0 aliphatic carbocycles. The molecule has 0 saturated carbocycles. The number of aromatic nitrogens is 1. The van der Waals surface area contributed by atoms with Crippen molar-refractivity contribution >= 4 is 45.0 Å². The van der Waals surface area contributed by atoms with Crippen LogP contribution < -0.4 is 14.4 Å². The van der Waals surface area contributed by atoms with Crippen molar-refractivity contribution in [3.05, 3.63) is 48.0 Å². The van der Waals surface area contributed by atoms with E-state index in [4.69, 9.17) is 19.2 Å². The minimum absolute atomic E-state index is 0. The highest BCUT2D eigenvalue weighted by Gasteiger charge is 2.33. The largest absolute Gasteiger partial charge is 0.485 e. The van der Waals surface area contributed by atoms with E-state index in [2.05, 4.69) is 24.0 Å². The lowest BCUT2D eigenvalue weighted by atomic mass is 10.2. The number of rotatable bonds is 6. The molecule has 5 rings (SSSR count). The number of fused-ring (bicyclic) bond motifs is 2. The molecule has 176 valence electrons. The summed E-state index contributed by atoms with van der Waals surface area (Å²) in [6.45, 7) is 6.83. The zero-order chi connectivity index (χ0) is 21.9. The number of amides is 1. The van der Waals surface area contributed by atoms with Gasteiger partial charge >= 0.3 is 0 Å². The van der Waals surface area contributed by atoms with Crippen LogP contribution in [0.4, 0.5) is 5.13 Å². The van der Waals surface area contributed by atoms with Crippen molar-refractivity contribution in [2.75, 3.05) is 50.9 Å². The highest BCUT2D eigenvalue weighted by Crippen LogP contribution is 2.34. The summed E-state index contributed by atoms with van der Waals surface area (Å²) >= 11 is 1.55. The molecule has 1 saturated heterocycles. The van der Waals surface area contributed by atoms with E-state index in [-0.39, 0.29) is 24.9 Å². The Hall–Kier alpha value is -2.39. The molecular formula is C24H28ClN3O4S. The number of nitrogens with zero attached hydrogens (tertiary/aromatic N) is 3. The number of hydrogen-bond acceptors (Lipinski definition) is 7. The van der Waals surface area contributed by atoms with E-state index in [1.165, 1.54) is 5.56 Å². The van der Waals surface area contributed by atoms with E-state index < -0.39 is 6.10 Å². The third-order valence-electron chi connectivity index (χ3n) is 5.87. The van der Waals surface area contributed by atoms with Gasteiger partial charge in [0.05, 0.1) is 23.4 Å². The Bertz CT molecular complexity index is 1100. The molecule has 1 atom stereocenters. The maximum Gasteiger partial charge on any atom is 0.273 e. The minimum Gasteiger partial charge on any atom is -0.485 e. The van der Waals surface area contributed by atoms with Crippen molar-refractivity contribution in [3.63, 3.8) is 0 Å². The van der Waals surface area contributed by atoms with Crippen LogP contribution in [0.2, 0.25) is 0 Å². The first-order chi connectivity index (χ1) is 15.7. The molecular weight excluding hydrogens is 462 g/mol. The van der Waals surface area contributed by atoms with Crippen LogP contribution in [0.1, 0.15) is 12.5 Å². The molecule has 1 aromatic heterocycles. The van der Waals surface area contributed by atoms with Gasteiger partial charge in [-0.2, -0.15) is 0 Å². The lowest BCUT2D eigenvalue weighted by molar-refractivity contribution is -0.127. The standard InChI is InChI=1S/C24H27N3O4S.ClH/c1-2-17-7-8-18-22(15-17)32-24(25-18)27(10-9-26-11-13-29-14-12-26)23(28)21-16-30-19-5-3-4-6-20(19)31-21;/h3-8,15,21H,2,9-14,16H2,1H3;1H. The van der Waals surface area contributed by atoms with E-state index in [0.29, 0.717) is 23.2 Å². The van der Waals surface area contributed by atoms with Gasteiger partial charge in [-0.3, -0.25) is 14.6 Å². The average Bonchev–Trinajstić information content (AvgIpc) is 3.27. The van der Waals surface area contributed by atoms with Crippen LogP contribution in [-0.4, -0.2) is 67.9 Å². The van der Waals surface area contributed by atoms with Gasteiger partial charge in [-0.15, -0.1) is 12.4 Å². The Labute approximate surface area is 203 Å². The predicted molar refractivity (Wildman–Crippen MR) is 132 cm³/mol. The first-order valence-electron chi connectivity index (χ1n) is 11.1. The number of carbonyl (C=O) groups is 1. The van der Waals surface area contributed by atoms with E-state index in [9.17, 15) is 4.79 Å². The second-order valence-electron chi connectivity index (χ2n) is 7.96. The number of para-hydroxylation sites is 2. The molecule has 0 spiro atoms. The number of carbonyl (C=O) groups excluding carboxylic acids is 1. The Morgan fingerprint density at radius 1 is 1.18 bits per heavy atom. The molecule has 2 aromatic carbocycles. The topological polar surface area (TPSA) is 64.1 Å². The maximum atomic E-state index is 13.6. The third-order valence-corrected chi connectivity index (χ3v) is 6.92. The van der Waals surface area contributed by atoms with Gasteiger partial charge in [0.15, 0.2) is 16.6 Å². The molecule has 33 heavy (non-hydrogen) atoms. The summed E-state index contributed by atoms with van der Waals surface area (Å²) in [6, 6.07) is 13.8. The Morgan fingerprint density at radius 2 is 1.97 bits per heavy atom. The lowest BCUT2D eigenvalue weighted by Gasteiger charge is -2.32.